The van der Waals surface area contributed by atoms with Crippen molar-refractivity contribution < 1.29 is 5.11 Å². The van der Waals surface area contributed by atoms with Crippen LogP contribution >= 0.6 is 0 Å². The lowest BCUT2D eigenvalue weighted by Crippen LogP contribution is -2.35. The molecule has 0 aliphatic carbocycles. The topological polar surface area (TPSA) is 109 Å². The lowest BCUT2D eigenvalue weighted by atomic mass is 10.1. The molecule has 1 fully saturated rings. The number of nitrogens with zero attached hydrogens (tertiary/aromatic N) is 7. The number of hydrogen-bond acceptors (Lipinski definition) is 8. The number of rotatable bonds is 5. The van der Waals surface area contributed by atoms with Crippen molar-refractivity contribution in [2.45, 2.75) is 38.3 Å². The standard InChI is InChI=1S/C22H23N7O2/c1-14(27-31)19-4-5-21-24-25-22(29(21)26-19)11-15-2-3-20-16(10-15)12-17(13-23-20)28-8-6-18(30)7-9-28/h2-5,10,12-14,18,30H,6-9,11H2,1H3. The molecule has 0 saturated carbocycles. The summed E-state index contributed by atoms with van der Waals surface area (Å²) in [5.74, 6) is 0.698. The number of fused-ring (bicyclic) bond motifs is 2. The molecule has 1 N–H and O–H groups in total. The molecule has 1 aromatic carbocycles. The molecule has 0 radical (unpaired) electrons. The van der Waals surface area contributed by atoms with Crippen molar-refractivity contribution in [2.24, 2.45) is 5.18 Å². The molecular formula is C22H23N7O2. The second-order valence-corrected chi connectivity index (χ2v) is 8.04. The molecule has 4 aromatic rings. The molecule has 9 heteroatoms. The van der Waals surface area contributed by atoms with Crippen LogP contribution in [0.1, 0.15) is 42.9 Å². The third kappa shape index (κ3) is 3.84. The Hall–Kier alpha value is -3.46. The smallest absolute Gasteiger partial charge is 0.177 e. The average Bonchev–Trinajstić information content (AvgIpc) is 3.20. The van der Waals surface area contributed by atoms with Crippen LogP contribution in [0.3, 0.4) is 0 Å². The minimum atomic E-state index is -0.527. The van der Waals surface area contributed by atoms with Gasteiger partial charge in [-0.25, -0.2) is 0 Å². The Morgan fingerprint density at radius 1 is 1.16 bits per heavy atom. The van der Waals surface area contributed by atoms with Crippen LogP contribution < -0.4 is 4.90 Å². The van der Waals surface area contributed by atoms with Gasteiger partial charge in [0.05, 0.1) is 29.2 Å². The molecule has 31 heavy (non-hydrogen) atoms. The number of hydrogen-bond donors (Lipinski definition) is 1. The lowest BCUT2D eigenvalue weighted by Gasteiger charge is -2.31. The second-order valence-electron chi connectivity index (χ2n) is 8.04. The van der Waals surface area contributed by atoms with Gasteiger partial charge in [-0.15, -0.1) is 10.2 Å². The van der Waals surface area contributed by atoms with Crippen molar-refractivity contribution in [1.82, 2.24) is 24.8 Å². The average molecular weight is 417 g/mol. The Kier molecular flexibility index (Phi) is 5.03. The Morgan fingerprint density at radius 3 is 2.81 bits per heavy atom. The predicted molar refractivity (Wildman–Crippen MR) is 117 cm³/mol. The highest BCUT2D eigenvalue weighted by Gasteiger charge is 2.18. The van der Waals surface area contributed by atoms with E-state index >= 15 is 0 Å². The first kappa shape index (κ1) is 19.5. The van der Waals surface area contributed by atoms with E-state index in [0.717, 1.165) is 48.1 Å². The Morgan fingerprint density at radius 2 is 2.00 bits per heavy atom. The maximum Gasteiger partial charge on any atom is 0.177 e. The van der Waals surface area contributed by atoms with Gasteiger partial charge in [0.2, 0.25) is 0 Å². The zero-order valence-electron chi connectivity index (χ0n) is 17.2. The van der Waals surface area contributed by atoms with Crippen LogP contribution in [-0.4, -0.2) is 49.1 Å². The summed E-state index contributed by atoms with van der Waals surface area (Å²) < 4.78 is 1.68. The lowest BCUT2D eigenvalue weighted by molar-refractivity contribution is 0.145. The summed E-state index contributed by atoms with van der Waals surface area (Å²) in [5, 5.41) is 26.9. The largest absolute Gasteiger partial charge is 0.393 e. The van der Waals surface area contributed by atoms with Crippen molar-refractivity contribution >= 4 is 22.2 Å². The molecule has 9 nitrogen and oxygen atoms in total. The number of anilines is 1. The van der Waals surface area contributed by atoms with Crippen LogP contribution in [0.5, 0.6) is 0 Å². The van der Waals surface area contributed by atoms with Gasteiger partial charge in [-0.3, -0.25) is 4.98 Å². The van der Waals surface area contributed by atoms with Crippen molar-refractivity contribution in [2.75, 3.05) is 18.0 Å². The van der Waals surface area contributed by atoms with Gasteiger partial charge in [0.25, 0.3) is 0 Å². The van der Waals surface area contributed by atoms with E-state index in [2.05, 4.69) is 42.5 Å². The molecule has 1 atom stereocenters. The fourth-order valence-corrected chi connectivity index (χ4v) is 3.99. The first-order valence-corrected chi connectivity index (χ1v) is 10.5. The Balaban J connectivity index is 1.44. The normalized spacial score (nSPS) is 16.1. The number of benzene rings is 1. The summed E-state index contributed by atoms with van der Waals surface area (Å²) in [7, 11) is 0. The molecule has 1 aliphatic rings. The number of pyridine rings is 1. The van der Waals surface area contributed by atoms with E-state index in [1.165, 1.54) is 0 Å². The summed E-state index contributed by atoms with van der Waals surface area (Å²) >= 11 is 0. The number of aliphatic hydroxyl groups excluding tert-OH is 1. The first-order chi connectivity index (χ1) is 15.1. The predicted octanol–water partition coefficient (Wildman–Crippen LogP) is 3.05. The van der Waals surface area contributed by atoms with Gasteiger partial charge in [0.15, 0.2) is 11.5 Å². The van der Waals surface area contributed by atoms with Crippen molar-refractivity contribution in [3.05, 3.63) is 64.6 Å². The van der Waals surface area contributed by atoms with E-state index < -0.39 is 6.04 Å². The fraction of sp³-hybridized carbons (Fsp3) is 0.364. The van der Waals surface area contributed by atoms with Crippen LogP contribution in [-0.2, 0) is 6.42 Å². The molecule has 3 aromatic heterocycles. The minimum Gasteiger partial charge on any atom is -0.393 e. The highest BCUT2D eigenvalue weighted by atomic mass is 16.3. The van der Waals surface area contributed by atoms with E-state index in [1.807, 2.05) is 18.3 Å². The molecule has 1 aliphatic heterocycles. The van der Waals surface area contributed by atoms with Gasteiger partial charge < -0.3 is 10.0 Å². The van der Waals surface area contributed by atoms with E-state index in [0.29, 0.717) is 23.6 Å². The summed E-state index contributed by atoms with van der Waals surface area (Å²) in [5.41, 5.74) is 4.30. The highest BCUT2D eigenvalue weighted by Crippen LogP contribution is 2.25. The van der Waals surface area contributed by atoms with Crippen LogP contribution in [0.4, 0.5) is 5.69 Å². The van der Waals surface area contributed by atoms with Crippen molar-refractivity contribution in [3.63, 3.8) is 0 Å². The number of aliphatic hydroxyl groups is 1. The van der Waals surface area contributed by atoms with E-state index in [-0.39, 0.29) is 6.10 Å². The summed E-state index contributed by atoms with van der Waals surface area (Å²) in [6.07, 6.45) is 3.82. The zero-order chi connectivity index (χ0) is 21.4. The van der Waals surface area contributed by atoms with Gasteiger partial charge in [-0.05, 0) is 55.7 Å². The third-order valence-electron chi connectivity index (χ3n) is 5.86. The summed E-state index contributed by atoms with van der Waals surface area (Å²) in [6.45, 7) is 3.38. The van der Waals surface area contributed by atoms with Crippen LogP contribution in [0, 0.1) is 4.91 Å². The molecule has 1 unspecified atom stereocenters. The van der Waals surface area contributed by atoms with Gasteiger partial charge >= 0.3 is 0 Å². The first-order valence-electron chi connectivity index (χ1n) is 10.5. The number of piperidine rings is 1. The van der Waals surface area contributed by atoms with Gasteiger partial charge in [0.1, 0.15) is 6.04 Å². The Bertz CT molecular complexity index is 1250. The maximum atomic E-state index is 10.9. The van der Waals surface area contributed by atoms with E-state index in [9.17, 15) is 10.0 Å². The minimum absolute atomic E-state index is 0.200. The number of aromatic nitrogens is 5. The molecule has 0 amide bonds. The van der Waals surface area contributed by atoms with Gasteiger partial charge in [0, 0.05) is 24.9 Å². The molecule has 4 heterocycles. The summed E-state index contributed by atoms with van der Waals surface area (Å²) in [4.78, 5) is 17.8. The quantitative estimate of drug-likeness (QED) is 0.497. The van der Waals surface area contributed by atoms with Gasteiger partial charge in [-0.2, -0.15) is 14.5 Å². The van der Waals surface area contributed by atoms with Crippen molar-refractivity contribution in [1.29, 1.82) is 0 Å². The SMILES string of the molecule is CC(N=O)c1ccc2nnc(Cc3ccc4ncc(N5CCC(O)CC5)cc4c3)n2n1. The molecule has 0 spiro atoms. The van der Waals surface area contributed by atoms with E-state index in [1.54, 1.807) is 23.6 Å². The van der Waals surface area contributed by atoms with Gasteiger partial charge in [-0.1, -0.05) is 11.2 Å². The van der Waals surface area contributed by atoms with Crippen LogP contribution in [0.25, 0.3) is 16.6 Å². The third-order valence-corrected chi connectivity index (χ3v) is 5.86. The highest BCUT2D eigenvalue weighted by molar-refractivity contribution is 5.82. The Labute approximate surface area is 178 Å². The summed E-state index contributed by atoms with van der Waals surface area (Å²) in [6, 6.07) is 11.3. The monoisotopic (exact) mass is 417 g/mol. The maximum absolute atomic E-state index is 10.9. The molecular weight excluding hydrogens is 394 g/mol. The number of nitroso groups, excluding NO2 is 1. The molecule has 0 bridgehead atoms. The van der Waals surface area contributed by atoms with E-state index in [4.69, 9.17) is 0 Å². The molecule has 1 saturated heterocycles. The molecule has 158 valence electrons. The molecule has 5 rings (SSSR count). The second kappa shape index (κ2) is 7.99. The van der Waals surface area contributed by atoms with Crippen LogP contribution in [0.2, 0.25) is 0 Å². The van der Waals surface area contributed by atoms with Crippen LogP contribution in [0.15, 0.2) is 47.8 Å². The van der Waals surface area contributed by atoms with Crippen molar-refractivity contribution in [3.8, 4) is 0 Å². The fourth-order valence-electron chi connectivity index (χ4n) is 3.99. The zero-order valence-corrected chi connectivity index (χ0v) is 17.2.